The van der Waals surface area contributed by atoms with Crippen LogP contribution in [-0.2, 0) is 14.8 Å². The minimum atomic E-state index is -3.84. The molecule has 0 bridgehead atoms. The topological polar surface area (TPSA) is 134 Å². The van der Waals surface area contributed by atoms with Gasteiger partial charge in [0.05, 0.1) is 16.4 Å². The number of anilines is 1. The molecular weight excluding hydrogens is 458 g/mol. The van der Waals surface area contributed by atoms with E-state index in [4.69, 9.17) is 0 Å². The summed E-state index contributed by atoms with van der Waals surface area (Å²) in [7, 11) is -3.84. The Morgan fingerprint density at radius 2 is 1.79 bits per heavy atom. The Bertz CT molecular complexity index is 954. The van der Waals surface area contributed by atoms with Crippen molar-refractivity contribution in [3.05, 3.63) is 28.3 Å². The Morgan fingerprint density at radius 1 is 1.12 bits per heavy atom. The number of amides is 1. The number of piperidine rings is 1. The van der Waals surface area contributed by atoms with Crippen LogP contribution in [-0.4, -0.2) is 62.4 Å². The van der Waals surface area contributed by atoms with Crippen molar-refractivity contribution in [2.45, 2.75) is 75.8 Å². The molecule has 1 aromatic rings. The Labute approximate surface area is 202 Å². The molecule has 2 fully saturated rings. The van der Waals surface area contributed by atoms with Crippen molar-refractivity contribution in [3.8, 4) is 0 Å². The van der Waals surface area contributed by atoms with Crippen molar-refractivity contribution in [1.82, 2.24) is 14.9 Å². The molecule has 2 aliphatic rings. The number of carbonyl (C=O) groups is 1. The van der Waals surface area contributed by atoms with E-state index in [2.05, 4.69) is 27.2 Å². The van der Waals surface area contributed by atoms with Crippen LogP contribution in [0.1, 0.15) is 58.8 Å². The van der Waals surface area contributed by atoms with Crippen LogP contribution in [0.4, 0.5) is 11.4 Å². The molecule has 0 spiro atoms. The van der Waals surface area contributed by atoms with E-state index >= 15 is 0 Å². The van der Waals surface area contributed by atoms with Crippen LogP contribution in [0.3, 0.4) is 0 Å². The first-order chi connectivity index (χ1) is 16.2. The van der Waals surface area contributed by atoms with Gasteiger partial charge in [0.15, 0.2) is 0 Å². The number of likely N-dealkylation sites (tertiary alicyclic amines) is 1. The summed E-state index contributed by atoms with van der Waals surface area (Å²) >= 11 is 0. The second kappa shape index (κ2) is 11.9. The zero-order chi connectivity index (χ0) is 24.7. The average Bonchev–Trinajstić information content (AvgIpc) is 2.80. The third-order valence-corrected chi connectivity index (χ3v) is 8.22. The normalized spacial score (nSPS) is 22.3. The van der Waals surface area contributed by atoms with E-state index in [1.807, 2.05) is 6.92 Å². The average molecular weight is 496 g/mol. The van der Waals surface area contributed by atoms with Crippen LogP contribution >= 0.6 is 0 Å². The molecule has 1 saturated carbocycles. The molecule has 0 radical (unpaired) electrons. The molecular formula is C23H37N5O5S. The number of sulfonamides is 1. The summed E-state index contributed by atoms with van der Waals surface area (Å²) in [6, 6.07) is 3.94. The van der Waals surface area contributed by atoms with E-state index in [9.17, 15) is 23.3 Å². The van der Waals surface area contributed by atoms with Crippen molar-refractivity contribution < 1.29 is 18.1 Å². The Kier molecular flexibility index (Phi) is 9.26. The lowest BCUT2D eigenvalue weighted by molar-refractivity contribution is -0.384. The van der Waals surface area contributed by atoms with Crippen LogP contribution < -0.4 is 15.4 Å². The summed E-state index contributed by atoms with van der Waals surface area (Å²) in [4.78, 5) is 25.1. The number of nitrogens with zero attached hydrogens (tertiary/aromatic N) is 2. The molecule has 1 aliphatic heterocycles. The number of carbonyl (C=O) groups excluding carboxylic acids is 1. The summed E-state index contributed by atoms with van der Waals surface area (Å²) < 4.78 is 28.4. The number of benzene rings is 1. The third kappa shape index (κ3) is 7.38. The van der Waals surface area contributed by atoms with Crippen LogP contribution in [0.25, 0.3) is 0 Å². The second-order valence-corrected chi connectivity index (χ2v) is 11.3. The molecule has 0 unspecified atom stereocenters. The lowest BCUT2D eigenvalue weighted by Crippen LogP contribution is -2.44. The fraction of sp³-hybridized carbons (Fsp3) is 0.696. The van der Waals surface area contributed by atoms with Gasteiger partial charge in [-0.25, -0.2) is 13.1 Å². The first-order valence-electron chi connectivity index (χ1n) is 12.2. The van der Waals surface area contributed by atoms with Gasteiger partial charge < -0.3 is 10.6 Å². The number of rotatable bonds is 10. The van der Waals surface area contributed by atoms with E-state index in [0.29, 0.717) is 37.8 Å². The second-order valence-electron chi connectivity index (χ2n) is 9.56. The van der Waals surface area contributed by atoms with Crippen LogP contribution in [0.2, 0.25) is 0 Å². The summed E-state index contributed by atoms with van der Waals surface area (Å²) in [5.41, 5.74) is 0.0658. The Hall–Kier alpha value is -2.24. The number of hydrogen-bond donors (Lipinski definition) is 3. The smallest absolute Gasteiger partial charge is 0.293 e. The van der Waals surface area contributed by atoms with Crippen LogP contribution in [0, 0.1) is 16.0 Å². The monoisotopic (exact) mass is 495 g/mol. The van der Waals surface area contributed by atoms with Crippen molar-refractivity contribution in [2.75, 3.05) is 31.5 Å². The number of hydrogen-bond acceptors (Lipinski definition) is 7. The molecule has 3 rings (SSSR count). The molecule has 1 amide bonds. The van der Waals surface area contributed by atoms with Crippen molar-refractivity contribution in [1.29, 1.82) is 0 Å². The first-order valence-corrected chi connectivity index (χ1v) is 13.7. The Balaban J connectivity index is 1.60. The van der Waals surface area contributed by atoms with Gasteiger partial charge in [-0.2, -0.15) is 0 Å². The number of nitro groups is 1. The zero-order valence-electron chi connectivity index (χ0n) is 20.1. The molecule has 0 atom stereocenters. The largest absolute Gasteiger partial charge is 0.377 e. The van der Waals surface area contributed by atoms with Gasteiger partial charge in [-0.15, -0.1) is 0 Å². The van der Waals surface area contributed by atoms with Gasteiger partial charge in [0.25, 0.3) is 5.69 Å². The summed E-state index contributed by atoms with van der Waals surface area (Å²) in [6.45, 7) is 6.61. The molecule has 1 saturated heterocycles. The highest BCUT2D eigenvalue weighted by atomic mass is 32.2. The fourth-order valence-corrected chi connectivity index (χ4v) is 5.92. The predicted molar refractivity (Wildman–Crippen MR) is 131 cm³/mol. The zero-order valence-corrected chi connectivity index (χ0v) is 20.9. The molecule has 3 N–H and O–H groups in total. The van der Waals surface area contributed by atoms with Gasteiger partial charge in [0.1, 0.15) is 5.69 Å². The molecule has 0 aromatic heterocycles. The minimum absolute atomic E-state index is 0.0112. The maximum absolute atomic E-state index is 12.9. The molecule has 10 nitrogen and oxygen atoms in total. The van der Waals surface area contributed by atoms with Gasteiger partial charge in [0.2, 0.25) is 15.9 Å². The van der Waals surface area contributed by atoms with Crippen LogP contribution in [0.5, 0.6) is 0 Å². The molecule has 190 valence electrons. The Morgan fingerprint density at radius 3 is 2.41 bits per heavy atom. The standard InChI is InChI=1S/C23H37N5O5S/c1-3-12-24-23(29)16-27-13-10-18(11-14-27)25-21-9-8-20(15-22(21)28(30)31)34(32,33)26-19-6-4-17(2)5-7-19/h8-9,15,17-19,25-26H,3-7,10-14,16H2,1-2H3,(H,24,29). The minimum Gasteiger partial charge on any atom is -0.377 e. The van der Waals surface area contributed by atoms with E-state index in [1.165, 1.54) is 12.1 Å². The quantitative estimate of drug-likeness (QED) is 0.336. The molecule has 1 heterocycles. The van der Waals surface area contributed by atoms with Crippen molar-refractivity contribution in [2.24, 2.45) is 5.92 Å². The fourth-order valence-electron chi connectivity index (χ4n) is 4.60. The van der Waals surface area contributed by atoms with E-state index < -0.39 is 14.9 Å². The molecule has 1 aliphatic carbocycles. The summed E-state index contributed by atoms with van der Waals surface area (Å²) in [5, 5.41) is 17.8. The van der Waals surface area contributed by atoms with Crippen molar-refractivity contribution >= 4 is 27.3 Å². The molecule has 1 aromatic carbocycles. The van der Waals surface area contributed by atoms with Crippen molar-refractivity contribution in [3.63, 3.8) is 0 Å². The number of nitrogens with one attached hydrogen (secondary N) is 3. The maximum atomic E-state index is 12.9. The van der Waals surface area contributed by atoms with Gasteiger partial charge in [-0.1, -0.05) is 13.8 Å². The maximum Gasteiger partial charge on any atom is 0.293 e. The van der Waals surface area contributed by atoms with Crippen LogP contribution in [0.15, 0.2) is 23.1 Å². The SMILES string of the molecule is CCCNC(=O)CN1CCC(Nc2ccc(S(=O)(=O)NC3CCC(C)CC3)cc2[N+](=O)[O-])CC1. The number of nitro benzene ring substituents is 1. The third-order valence-electron chi connectivity index (χ3n) is 6.70. The lowest BCUT2D eigenvalue weighted by atomic mass is 9.88. The highest BCUT2D eigenvalue weighted by molar-refractivity contribution is 7.89. The lowest BCUT2D eigenvalue weighted by Gasteiger charge is -2.32. The van der Waals surface area contributed by atoms with Gasteiger partial charge in [0, 0.05) is 37.8 Å². The van der Waals surface area contributed by atoms with Gasteiger partial charge >= 0.3 is 0 Å². The summed E-state index contributed by atoms with van der Waals surface area (Å²) in [5.74, 6) is 0.606. The van der Waals surface area contributed by atoms with E-state index in [-0.39, 0.29) is 28.6 Å². The predicted octanol–water partition coefficient (Wildman–Crippen LogP) is 2.85. The molecule has 34 heavy (non-hydrogen) atoms. The van der Waals surface area contributed by atoms with E-state index in [1.54, 1.807) is 0 Å². The molecule has 11 heteroatoms. The summed E-state index contributed by atoms with van der Waals surface area (Å²) in [6.07, 6.45) is 5.87. The first kappa shape index (κ1) is 26.4. The van der Waals surface area contributed by atoms with Gasteiger partial charge in [-0.3, -0.25) is 19.8 Å². The van der Waals surface area contributed by atoms with Gasteiger partial charge in [-0.05, 0) is 63.0 Å². The highest BCUT2D eigenvalue weighted by Gasteiger charge is 2.28. The highest BCUT2D eigenvalue weighted by Crippen LogP contribution is 2.30. The van der Waals surface area contributed by atoms with E-state index in [0.717, 1.165) is 51.0 Å².